The third-order valence-corrected chi connectivity index (χ3v) is 6.45. The number of hydrogen-bond donors (Lipinski definition) is 2. The fraction of sp³-hybridized carbons (Fsp3) is 0.650. The van der Waals surface area contributed by atoms with Crippen LogP contribution in [-0.4, -0.2) is 55.7 Å². The molecule has 1 heterocycles. The predicted molar refractivity (Wildman–Crippen MR) is 96.5 cm³/mol. The van der Waals surface area contributed by atoms with Gasteiger partial charge in [0.2, 0.25) is 5.91 Å². The topological polar surface area (TPSA) is 44.4 Å². The number of hydrogen-bond acceptors (Lipinski definition) is 3. The molecule has 3 unspecified atom stereocenters. The number of benzene rings is 1. The number of halogens is 3. The standard InChI is InChI=1S/C20H26F3N3O/c21-20(22,23)17(26-10-8-24-9-11-26)13-25-18(27)16-12-19(16)7-3-5-14-4-1-2-6-15(14)19/h1-2,4,6,16-17,24H,3,5,7-13H2,(H,25,27). The Bertz CT molecular complexity index is 702. The second-order valence-corrected chi connectivity index (χ2v) is 8.01. The molecule has 4 rings (SSSR count). The Kier molecular flexibility index (Phi) is 4.93. The molecule has 27 heavy (non-hydrogen) atoms. The molecule has 2 aliphatic carbocycles. The molecule has 4 nitrogen and oxygen atoms in total. The number of fused-ring (bicyclic) bond motifs is 2. The molecule has 0 aromatic heterocycles. The Balaban J connectivity index is 1.41. The van der Waals surface area contributed by atoms with E-state index in [0.29, 0.717) is 26.2 Å². The van der Waals surface area contributed by atoms with Gasteiger partial charge >= 0.3 is 6.18 Å². The highest BCUT2D eigenvalue weighted by Gasteiger charge is 2.60. The van der Waals surface area contributed by atoms with Crippen molar-refractivity contribution < 1.29 is 18.0 Å². The average Bonchev–Trinajstić information content (AvgIpc) is 3.37. The van der Waals surface area contributed by atoms with Gasteiger partial charge in [0, 0.05) is 44.1 Å². The normalized spacial score (nSPS) is 29.2. The third kappa shape index (κ3) is 3.59. The van der Waals surface area contributed by atoms with Crippen LogP contribution in [0.4, 0.5) is 13.2 Å². The van der Waals surface area contributed by atoms with Crippen molar-refractivity contribution in [2.75, 3.05) is 32.7 Å². The Morgan fingerprint density at radius 1 is 1.30 bits per heavy atom. The van der Waals surface area contributed by atoms with Gasteiger partial charge in [-0.2, -0.15) is 13.2 Å². The first-order valence-corrected chi connectivity index (χ1v) is 9.79. The quantitative estimate of drug-likeness (QED) is 0.841. The molecule has 148 valence electrons. The van der Waals surface area contributed by atoms with Crippen LogP contribution in [0.5, 0.6) is 0 Å². The van der Waals surface area contributed by atoms with Gasteiger partial charge in [-0.15, -0.1) is 0 Å². The fourth-order valence-corrected chi connectivity index (χ4v) is 4.94. The van der Waals surface area contributed by atoms with Crippen LogP contribution >= 0.6 is 0 Å². The molecule has 1 spiro atoms. The molecule has 1 aromatic carbocycles. The van der Waals surface area contributed by atoms with E-state index in [0.717, 1.165) is 25.7 Å². The van der Waals surface area contributed by atoms with Gasteiger partial charge in [-0.3, -0.25) is 9.69 Å². The lowest BCUT2D eigenvalue weighted by atomic mass is 9.78. The fourth-order valence-electron chi connectivity index (χ4n) is 4.94. The summed E-state index contributed by atoms with van der Waals surface area (Å²) in [4.78, 5) is 14.1. The minimum absolute atomic E-state index is 0.151. The van der Waals surface area contributed by atoms with E-state index in [4.69, 9.17) is 0 Å². The van der Waals surface area contributed by atoms with Crippen LogP contribution in [0.1, 0.15) is 30.4 Å². The molecule has 1 amide bonds. The molecule has 1 aromatic rings. The van der Waals surface area contributed by atoms with E-state index >= 15 is 0 Å². The summed E-state index contributed by atoms with van der Waals surface area (Å²) in [6.45, 7) is 1.42. The highest BCUT2D eigenvalue weighted by molar-refractivity contribution is 5.84. The summed E-state index contributed by atoms with van der Waals surface area (Å²) in [5, 5.41) is 5.70. The van der Waals surface area contributed by atoms with Crippen LogP contribution in [0, 0.1) is 5.92 Å². The van der Waals surface area contributed by atoms with Crippen molar-refractivity contribution >= 4 is 5.91 Å². The molecule has 0 bridgehead atoms. The lowest BCUT2D eigenvalue weighted by Crippen LogP contribution is -2.57. The molecule has 3 atom stereocenters. The van der Waals surface area contributed by atoms with Gasteiger partial charge in [0.05, 0.1) is 0 Å². The smallest absolute Gasteiger partial charge is 0.354 e. The second-order valence-electron chi connectivity index (χ2n) is 8.01. The van der Waals surface area contributed by atoms with E-state index in [2.05, 4.69) is 22.8 Å². The van der Waals surface area contributed by atoms with Crippen LogP contribution in [0.25, 0.3) is 0 Å². The second kappa shape index (κ2) is 7.09. The van der Waals surface area contributed by atoms with Gasteiger partial charge in [-0.1, -0.05) is 24.3 Å². The van der Waals surface area contributed by atoms with Crippen molar-refractivity contribution in [2.24, 2.45) is 5.92 Å². The summed E-state index contributed by atoms with van der Waals surface area (Å²) in [5.41, 5.74) is 2.36. The van der Waals surface area contributed by atoms with E-state index in [9.17, 15) is 18.0 Å². The van der Waals surface area contributed by atoms with Gasteiger partial charge in [-0.25, -0.2) is 0 Å². The molecule has 2 fully saturated rings. The van der Waals surface area contributed by atoms with Gasteiger partial charge < -0.3 is 10.6 Å². The molecule has 3 aliphatic rings. The maximum absolute atomic E-state index is 13.5. The molecule has 1 aliphatic heterocycles. The Morgan fingerprint density at radius 3 is 2.78 bits per heavy atom. The summed E-state index contributed by atoms with van der Waals surface area (Å²) in [5.74, 6) is -0.424. The largest absolute Gasteiger partial charge is 0.405 e. The lowest BCUT2D eigenvalue weighted by Gasteiger charge is -2.36. The number of amides is 1. The van der Waals surface area contributed by atoms with Crippen LogP contribution in [-0.2, 0) is 16.6 Å². The third-order valence-electron chi connectivity index (χ3n) is 6.45. The Hall–Kier alpha value is -1.60. The average molecular weight is 381 g/mol. The summed E-state index contributed by atoms with van der Waals surface area (Å²) in [6, 6.07) is 6.58. The van der Waals surface area contributed by atoms with Crippen molar-refractivity contribution in [2.45, 2.75) is 43.3 Å². The van der Waals surface area contributed by atoms with E-state index in [1.165, 1.54) is 16.0 Å². The number of nitrogens with one attached hydrogen (secondary N) is 2. The number of aryl methyl sites for hydroxylation is 1. The number of alkyl halides is 3. The van der Waals surface area contributed by atoms with E-state index in [-0.39, 0.29) is 23.8 Å². The minimum Gasteiger partial charge on any atom is -0.354 e. The molecule has 7 heteroatoms. The highest BCUT2D eigenvalue weighted by Crippen LogP contribution is 2.60. The number of rotatable bonds is 4. The van der Waals surface area contributed by atoms with Crippen molar-refractivity contribution in [3.05, 3.63) is 35.4 Å². The van der Waals surface area contributed by atoms with Crippen LogP contribution in [0.2, 0.25) is 0 Å². The maximum Gasteiger partial charge on any atom is 0.405 e. The summed E-state index contributed by atoms with van der Waals surface area (Å²) >= 11 is 0. The molecule has 1 saturated heterocycles. The first-order valence-electron chi connectivity index (χ1n) is 9.79. The van der Waals surface area contributed by atoms with Gasteiger partial charge in [0.1, 0.15) is 6.04 Å². The zero-order valence-electron chi connectivity index (χ0n) is 15.3. The van der Waals surface area contributed by atoms with Crippen LogP contribution in [0.15, 0.2) is 24.3 Å². The number of nitrogens with zero attached hydrogens (tertiary/aromatic N) is 1. The SMILES string of the molecule is O=C(NCC(N1CCNCC1)C(F)(F)F)C1CC12CCCc1ccccc12. The molecular weight excluding hydrogens is 355 g/mol. The van der Waals surface area contributed by atoms with Crippen LogP contribution in [0.3, 0.4) is 0 Å². The first kappa shape index (κ1) is 18.7. The number of piperazine rings is 1. The summed E-state index contributed by atoms with van der Waals surface area (Å²) in [7, 11) is 0. The number of carbonyl (C=O) groups is 1. The Labute approximate surface area is 157 Å². The van der Waals surface area contributed by atoms with Gasteiger partial charge in [0.25, 0.3) is 0 Å². The van der Waals surface area contributed by atoms with Gasteiger partial charge in [-0.05, 0) is 36.8 Å². The molecule has 0 radical (unpaired) electrons. The minimum atomic E-state index is -4.34. The molecular formula is C20H26F3N3O. The van der Waals surface area contributed by atoms with E-state index in [1.807, 2.05) is 12.1 Å². The van der Waals surface area contributed by atoms with Crippen molar-refractivity contribution in [1.29, 1.82) is 0 Å². The van der Waals surface area contributed by atoms with E-state index < -0.39 is 12.2 Å². The van der Waals surface area contributed by atoms with Crippen LogP contribution < -0.4 is 10.6 Å². The predicted octanol–water partition coefficient (Wildman–Crippen LogP) is 2.23. The summed E-state index contributed by atoms with van der Waals surface area (Å²) in [6.07, 6.45) is -0.593. The zero-order chi connectivity index (χ0) is 19.1. The number of carbonyl (C=O) groups excluding carboxylic acids is 1. The Morgan fingerprint density at radius 2 is 2.04 bits per heavy atom. The lowest BCUT2D eigenvalue weighted by molar-refractivity contribution is -0.184. The van der Waals surface area contributed by atoms with E-state index in [1.54, 1.807) is 0 Å². The van der Waals surface area contributed by atoms with Gasteiger partial charge in [0.15, 0.2) is 0 Å². The molecule has 1 saturated carbocycles. The zero-order valence-corrected chi connectivity index (χ0v) is 15.3. The highest BCUT2D eigenvalue weighted by atomic mass is 19.4. The van der Waals surface area contributed by atoms with Crippen molar-refractivity contribution in [1.82, 2.24) is 15.5 Å². The monoisotopic (exact) mass is 381 g/mol. The summed E-state index contributed by atoms with van der Waals surface area (Å²) < 4.78 is 40.5. The van der Waals surface area contributed by atoms with Crippen molar-refractivity contribution in [3.8, 4) is 0 Å². The maximum atomic E-state index is 13.5. The first-order chi connectivity index (χ1) is 12.9. The molecule has 2 N–H and O–H groups in total. The van der Waals surface area contributed by atoms with Crippen molar-refractivity contribution in [3.63, 3.8) is 0 Å².